The molecule has 84 valence electrons. The molecule has 0 N–H and O–H groups in total. The second-order valence-electron chi connectivity index (χ2n) is 3.24. The summed E-state index contributed by atoms with van der Waals surface area (Å²) in [6.07, 6.45) is -2.60. The molecule has 0 bridgehead atoms. The van der Waals surface area contributed by atoms with Crippen LogP contribution >= 0.6 is 11.6 Å². The number of halogens is 3. The highest BCUT2D eigenvalue weighted by molar-refractivity contribution is 6.29. The number of aryl methyl sites for hydroxylation is 1. The van der Waals surface area contributed by atoms with Crippen molar-refractivity contribution < 1.29 is 8.78 Å². The third kappa shape index (κ3) is 2.04. The van der Waals surface area contributed by atoms with Crippen molar-refractivity contribution in [3.05, 3.63) is 40.8 Å². The van der Waals surface area contributed by atoms with Gasteiger partial charge in [0.15, 0.2) is 5.82 Å². The summed E-state index contributed by atoms with van der Waals surface area (Å²) in [4.78, 5) is 3.93. The first-order valence-electron chi connectivity index (χ1n) is 4.55. The molecular formula is C10H8ClF2N3. The second kappa shape index (κ2) is 4.17. The molecule has 0 amide bonds. The van der Waals surface area contributed by atoms with E-state index >= 15 is 0 Å². The maximum absolute atomic E-state index is 12.7. The molecule has 0 atom stereocenters. The fourth-order valence-corrected chi connectivity index (χ4v) is 1.53. The monoisotopic (exact) mass is 243 g/mol. The van der Waals surface area contributed by atoms with Gasteiger partial charge in [0.25, 0.3) is 6.43 Å². The van der Waals surface area contributed by atoms with Crippen LogP contribution in [0.5, 0.6) is 0 Å². The van der Waals surface area contributed by atoms with Crippen molar-refractivity contribution in [2.24, 2.45) is 0 Å². The third-order valence-corrected chi connectivity index (χ3v) is 2.21. The number of aromatic nitrogens is 3. The first-order chi connectivity index (χ1) is 7.58. The summed E-state index contributed by atoms with van der Waals surface area (Å²) in [6, 6.07) is 6.11. The Morgan fingerprint density at radius 3 is 2.75 bits per heavy atom. The summed E-state index contributed by atoms with van der Waals surface area (Å²) in [5.74, 6) is 0.288. The van der Waals surface area contributed by atoms with E-state index in [1.807, 2.05) is 0 Å². The average molecular weight is 244 g/mol. The van der Waals surface area contributed by atoms with Gasteiger partial charge in [0.1, 0.15) is 10.8 Å². The van der Waals surface area contributed by atoms with Gasteiger partial charge in [-0.25, -0.2) is 18.4 Å². The largest absolute Gasteiger partial charge is 0.280 e. The first kappa shape index (κ1) is 11.0. The van der Waals surface area contributed by atoms with Crippen LogP contribution in [0.25, 0.3) is 5.82 Å². The molecule has 2 heterocycles. The lowest BCUT2D eigenvalue weighted by Gasteiger charge is -2.05. The summed E-state index contributed by atoms with van der Waals surface area (Å²) in [6.45, 7) is 1.65. The van der Waals surface area contributed by atoms with E-state index in [9.17, 15) is 8.78 Å². The molecule has 0 radical (unpaired) electrons. The Bertz CT molecular complexity index is 511. The molecule has 0 saturated heterocycles. The van der Waals surface area contributed by atoms with Crippen LogP contribution in [-0.4, -0.2) is 14.8 Å². The van der Waals surface area contributed by atoms with Crippen LogP contribution in [0, 0.1) is 6.92 Å². The van der Waals surface area contributed by atoms with Gasteiger partial charge in [-0.3, -0.25) is 0 Å². The number of pyridine rings is 1. The van der Waals surface area contributed by atoms with Crippen molar-refractivity contribution in [1.29, 1.82) is 0 Å². The minimum absolute atomic E-state index is 0.188. The SMILES string of the molecule is Cc1cc(C(F)F)n(-c2cccc(Cl)n2)n1. The first-order valence-corrected chi connectivity index (χ1v) is 4.93. The fourth-order valence-electron chi connectivity index (χ4n) is 1.37. The van der Waals surface area contributed by atoms with Crippen molar-refractivity contribution in [1.82, 2.24) is 14.8 Å². The number of alkyl halides is 2. The zero-order valence-electron chi connectivity index (χ0n) is 8.36. The van der Waals surface area contributed by atoms with Gasteiger partial charge < -0.3 is 0 Å². The number of hydrogen-bond donors (Lipinski definition) is 0. The lowest BCUT2D eigenvalue weighted by atomic mass is 10.4. The average Bonchev–Trinajstić information content (AvgIpc) is 2.60. The highest BCUT2D eigenvalue weighted by Crippen LogP contribution is 2.22. The van der Waals surface area contributed by atoms with Crippen molar-refractivity contribution in [3.8, 4) is 5.82 Å². The molecule has 0 aliphatic carbocycles. The Morgan fingerprint density at radius 2 is 2.12 bits per heavy atom. The van der Waals surface area contributed by atoms with Crippen molar-refractivity contribution in [2.75, 3.05) is 0 Å². The molecule has 2 rings (SSSR count). The molecule has 0 fully saturated rings. The topological polar surface area (TPSA) is 30.7 Å². The summed E-state index contributed by atoms with van der Waals surface area (Å²) in [5, 5.41) is 4.20. The lowest BCUT2D eigenvalue weighted by Crippen LogP contribution is -2.04. The summed E-state index contributed by atoms with van der Waals surface area (Å²) in [7, 11) is 0. The molecule has 0 aromatic carbocycles. The molecule has 2 aromatic rings. The van der Waals surface area contributed by atoms with Gasteiger partial charge in [-0.15, -0.1) is 0 Å². The predicted octanol–water partition coefficient (Wildman–Crippen LogP) is 3.17. The molecule has 0 spiro atoms. The normalized spacial score (nSPS) is 11.1. The Hall–Kier alpha value is -1.49. The van der Waals surface area contributed by atoms with Gasteiger partial charge in [0, 0.05) is 0 Å². The fraction of sp³-hybridized carbons (Fsp3) is 0.200. The molecular weight excluding hydrogens is 236 g/mol. The summed E-state index contributed by atoms with van der Waals surface area (Å²) >= 11 is 5.69. The third-order valence-electron chi connectivity index (χ3n) is 2.00. The molecule has 3 nitrogen and oxygen atoms in total. The molecule has 16 heavy (non-hydrogen) atoms. The summed E-state index contributed by atoms with van der Waals surface area (Å²) < 4.78 is 26.5. The number of nitrogens with zero attached hydrogens (tertiary/aromatic N) is 3. The van der Waals surface area contributed by atoms with Gasteiger partial charge in [-0.1, -0.05) is 17.7 Å². The van der Waals surface area contributed by atoms with Crippen molar-refractivity contribution in [3.63, 3.8) is 0 Å². The Kier molecular flexibility index (Phi) is 2.87. The predicted molar refractivity (Wildman–Crippen MR) is 56.1 cm³/mol. The Morgan fingerprint density at radius 1 is 1.38 bits per heavy atom. The van der Waals surface area contributed by atoms with Crippen LogP contribution < -0.4 is 0 Å². The van der Waals surface area contributed by atoms with Gasteiger partial charge in [-0.05, 0) is 25.1 Å². The maximum Gasteiger partial charge on any atom is 0.280 e. The maximum atomic E-state index is 12.7. The van der Waals surface area contributed by atoms with Crippen LogP contribution in [0.15, 0.2) is 24.3 Å². The van der Waals surface area contributed by atoms with E-state index in [-0.39, 0.29) is 16.7 Å². The molecule has 6 heteroatoms. The van der Waals surface area contributed by atoms with Crippen LogP contribution in [0.4, 0.5) is 8.78 Å². The highest BCUT2D eigenvalue weighted by Gasteiger charge is 2.17. The van der Waals surface area contributed by atoms with Gasteiger partial charge in [-0.2, -0.15) is 5.10 Å². The highest BCUT2D eigenvalue weighted by atomic mass is 35.5. The standard InChI is InChI=1S/C10H8ClF2N3/c1-6-5-7(10(12)13)16(15-6)9-4-2-3-8(11)14-9/h2-5,10H,1H3. The second-order valence-corrected chi connectivity index (χ2v) is 3.63. The molecule has 0 saturated carbocycles. The van der Waals surface area contributed by atoms with Crippen LogP contribution in [-0.2, 0) is 0 Å². The minimum Gasteiger partial charge on any atom is -0.217 e. The molecule has 0 aliphatic heterocycles. The van der Waals surface area contributed by atoms with Crippen molar-refractivity contribution >= 4 is 11.6 Å². The number of hydrogen-bond acceptors (Lipinski definition) is 2. The smallest absolute Gasteiger partial charge is 0.217 e. The van der Waals surface area contributed by atoms with Gasteiger partial charge >= 0.3 is 0 Å². The minimum atomic E-state index is -2.60. The van der Waals surface area contributed by atoms with E-state index < -0.39 is 6.43 Å². The van der Waals surface area contributed by atoms with Crippen LogP contribution in [0.1, 0.15) is 17.8 Å². The molecule has 0 unspecified atom stereocenters. The van der Waals surface area contributed by atoms with E-state index in [0.29, 0.717) is 5.69 Å². The van der Waals surface area contributed by atoms with Crippen molar-refractivity contribution in [2.45, 2.75) is 13.3 Å². The lowest BCUT2D eigenvalue weighted by molar-refractivity contribution is 0.142. The number of rotatable bonds is 2. The van der Waals surface area contributed by atoms with E-state index in [0.717, 1.165) is 4.68 Å². The van der Waals surface area contributed by atoms with E-state index in [1.165, 1.54) is 6.07 Å². The zero-order chi connectivity index (χ0) is 11.7. The van der Waals surface area contributed by atoms with E-state index in [4.69, 9.17) is 11.6 Å². The zero-order valence-corrected chi connectivity index (χ0v) is 9.12. The van der Waals surface area contributed by atoms with E-state index in [1.54, 1.807) is 25.1 Å². The quantitative estimate of drug-likeness (QED) is 0.759. The van der Waals surface area contributed by atoms with E-state index in [2.05, 4.69) is 10.1 Å². The van der Waals surface area contributed by atoms with Crippen LogP contribution in [0.3, 0.4) is 0 Å². The Balaban J connectivity index is 2.55. The van der Waals surface area contributed by atoms with Gasteiger partial charge in [0.05, 0.1) is 5.69 Å². The summed E-state index contributed by atoms with van der Waals surface area (Å²) in [5.41, 5.74) is 0.323. The van der Waals surface area contributed by atoms with Gasteiger partial charge in [0.2, 0.25) is 0 Å². The molecule has 2 aromatic heterocycles. The van der Waals surface area contributed by atoms with Crippen LogP contribution in [0.2, 0.25) is 5.15 Å². The Labute approximate surface area is 95.7 Å². The molecule has 0 aliphatic rings.